The second kappa shape index (κ2) is 7.57. The molecule has 0 bridgehead atoms. The molecule has 1 aliphatic heterocycles. The van der Waals surface area contributed by atoms with Gasteiger partial charge in [0.05, 0.1) is 5.69 Å². The van der Waals surface area contributed by atoms with Gasteiger partial charge >= 0.3 is 0 Å². The predicted molar refractivity (Wildman–Crippen MR) is 125 cm³/mol. The molecule has 0 radical (unpaired) electrons. The van der Waals surface area contributed by atoms with Crippen LogP contribution in [0.3, 0.4) is 0 Å². The second-order valence-electron chi connectivity index (χ2n) is 9.99. The number of nitrogens with zero attached hydrogens (tertiary/aromatic N) is 2. The van der Waals surface area contributed by atoms with E-state index in [2.05, 4.69) is 64.7 Å². The van der Waals surface area contributed by atoms with E-state index in [-0.39, 0.29) is 10.8 Å². The lowest BCUT2D eigenvalue weighted by atomic mass is 9.86. The van der Waals surface area contributed by atoms with E-state index in [9.17, 15) is 0 Å². The molecule has 0 amide bonds. The van der Waals surface area contributed by atoms with Crippen molar-refractivity contribution in [1.29, 1.82) is 0 Å². The molecular weight excluding hydrogens is 386 g/mol. The first-order chi connectivity index (χ1) is 14.6. The number of anilines is 2. The van der Waals surface area contributed by atoms with Crippen molar-refractivity contribution >= 4 is 11.4 Å². The smallest absolute Gasteiger partial charge is 0.243 e. The maximum absolute atomic E-state index is 6.40. The van der Waals surface area contributed by atoms with Gasteiger partial charge in [0, 0.05) is 11.8 Å². The van der Waals surface area contributed by atoms with Gasteiger partial charge in [0.25, 0.3) is 0 Å². The van der Waals surface area contributed by atoms with Crippen LogP contribution in [0, 0.1) is 0 Å². The molecule has 2 heterocycles. The van der Waals surface area contributed by atoms with E-state index in [4.69, 9.17) is 15.2 Å². The van der Waals surface area contributed by atoms with Gasteiger partial charge in [0.1, 0.15) is 17.2 Å². The highest BCUT2D eigenvalue weighted by Crippen LogP contribution is 2.46. The molecule has 1 aromatic heterocycles. The van der Waals surface area contributed by atoms with Gasteiger partial charge in [0.2, 0.25) is 12.2 Å². The second-order valence-corrected chi connectivity index (χ2v) is 9.99. The molecule has 2 aromatic carbocycles. The van der Waals surface area contributed by atoms with Crippen LogP contribution < -0.4 is 20.1 Å². The Labute approximate surface area is 184 Å². The molecule has 0 fully saturated rings. The van der Waals surface area contributed by atoms with Crippen molar-refractivity contribution in [1.82, 2.24) is 4.98 Å². The molecule has 2 N–H and O–H groups in total. The third-order valence-corrected chi connectivity index (χ3v) is 5.50. The van der Waals surface area contributed by atoms with Crippen molar-refractivity contribution in [2.45, 2.75) is 58.7 Å². The first-order valence-electron chi connectivity index (χ1n) is 10.6. The Morgan fingerprint density at radius 1 is 0.903 bits per heavy atom. The summed E-state index contributed by atoms with van der Waals surface area (Å²) in [7, 11) is 0. The van der Waals surface area contributed by atoms with Gasteiger partial charge in [-0.3, -0.25) is 10.6 Å². The standard InChI is InChI=1S/C26H31N3O2/c1-25(2,3)17-13-14-22-20(16-17)29(24(27)31-22)19-11-9-15-28-23(19)30-21-12-8-7-10-18(21)26(4,5)6/h7-16,24H,27H2,1-6H3. The Hall–Kier alpha value is -3.05. The molecular formula is C26H31N3O2. The summed E-state index contributed by atoms with van der Waals surface area (Å²) in [6.07, 6.45) is 1.07. The topological polar surface area (TPSA) is 60.6 Å². The summed E-state index contributed by atoms with van der Waals surface area (Å²) in [6.45, 7) is 13.1. The summed E-state index contributed by atoms with van der Waals surface area (Å²) in [4.78, 5) is 6.50. The summed E-state index contributed by atoms with van der Waals surface area (Å²) < 4.78 is 12.3. The van der Waals surface area contributed by atoms with Gasteiger partial charge in [-0.1, -0.05) is 65.8 Å². The van der Waals surface area contributed by atoms with Crippen molar-refractivity contribution in [2.24, 2.45) is 5.73 Å². The van der Waals surface area contributed by atoms with Crippen molar-refractivity contribution in [3.8, 4) is 17.4 Å². The van der Waals surface area contributed by atoms with Crippen LogP contribution in [0.25, 0.3) is 0 Å². The molecule has 0 spiro atoms. The van der Waals surface area contributed by atoms with Crippen LogP contribution in [-0.4, -0.2) is 11.3 Å². The first kappa shape index (κ1) is 21.2. The normalized spacial score (nSPS) is 16.1. The van der Waals surface area contributed by atoms with Crippen LogP contribution >= 0.6 is 0 Å². The third-order valence-electron chi connectivity index (χ3n) is 5.50. The maximum Gasteiger partial charge on any atom is 0.243 e. The van der Waals surface area contributed by atoms with Crippen molar-refractivity contribution in [3.63, 3.8) is 0 Å². The van der Waals surface area contributed by atoms with Gasteiger partial charge in [-0.15, -0.1) is 0 Å². The van der Waals surface area contributed by atoms with Gasteiger partial charge in [-0.25, -0.2) is 4.98 Å². The fraction of sp³-hybridized carbons (Fsp3) is 0.346. The monoisotopic (exact) mass is 417 g/mol. The Balaban J connectivity index is 1.78. The van der Waals surface area contributed by atoms with Crippen LogP contribution in [0.15, 0.2) is 60.8 Å². The zero-order chi connectivity index (χ0) is 22.4. The highest BCUT2D eigenvalue weighted by molar-refractivity contribution is 5.76. The predicted octanol–water partition coefficient (Wildman–Crippen LogP) is 6.24. The average molecular weight is 418 g/mol. The van der Waals surface area contributed by atoms with E-state index in [1.54, 1.807) is 6.20 Å². The summed E-state index contributed by atoms with van der Waals surface area (Å²) in [6, 6.07) is 18.1. The molecule has 0 saturated heterocycles. The lowest BCUT2D eigenvalue weighted by Crippen LogP contribution is -2.39. The largest absolute Gasteiger partial charge is 0.455 e. The molecule has 1 unspecified atom stereocenters. The quantitative estimate of drug-likeness (QED) is 0.546. The lowest BCUT2D eigenvalue weighted by Gasteiger charge is -2.26. The summed E-state index contributed by atoms with van der Waals surface area (Å²) in [5.41, 5.74) is 10.4. The number of fused-ring (bicyclic) bond motifs is 1. The highest BCUT2D eigenvalue weighted by atomic mass is 16.5. The van der Waals surface area contributed by atoms with Crippen LogP contribution in [-0.2, 0) is 10.8 Å². The van der Waals surface area contributed by atoms with Crippen LogP contribution in [0.4, 0.5) is 11.4 Å². The minimum Gasteiger partial charge on any atom is -0.455 e. The van der Waals surface area contributed by atoms with E-state index in [0.717, 1.165) is 28.4 Å². The fourth-order valence-electron chi connectivity index (χ4n) is 3.78. The van der Waals surface area contributed by atoms with E-state index in [1.165, 1.54) is 5.56 Å². The Kier molecular flexibility index (Phi) is 5.18. The number of nitrogens with two attached hydrogens (primary N) is 1. The van der Waals surface area contributed by atoms with Crippen LogP contribution in [0.5, 0.6) is 17.4 Å². The highest BCUT2D eigenvalue weighted by Gasteiger charge is 2.33. The van der Waals surface area contributed by atoms with Gasteiger partial charge in [0.15, 0.2) is 0 Å². The molecule has 1 aliphatic rings. The molecule has 0 saturated carbocycles. The van der Waals surface area contributed by atoms with Crippen molar-refractivity contribution in [3.05, 3.63) is 71.9 Å². The number of hydrogen-bond acceptors (Lipinski definition) is 5. The van der Waals surface area contributed by atoms with E-state index < -0.39 is 6.35 Å². The SMILES string of the molecule is CC(C)(C)c1ccc2c(c1)N(c1cccnc1Oc1ccccc1C(C)(C)C)C(N)O2. The number of ether oxygens (including phenoxy) is 2. The number of hydrogen-bond donors (Lipinski definition) is 1. The van der Waals surface area contributed by atoms with Crippen molar-refractivity contribution < 1.29 is 9.47 Å². The molecule has 162 valence electrons. The summed E-state index contributed by atoms with van der Waals surface area (Å²) in [5, 5.41) is 0. The zero-order valence-corrected chi connectivity index (χ0v) is 19.1. The van der Waals surface area contributed by atoms with Crippen LogP contribution in [0.2, 0.25) is 0 Å². The minimum atomic E-state index is -0.658. The number of rotatable bonds is 3. The fourth-order valence-corrected chi connectivity index (χ4v) is 3.78. The molecule has 3 aromatic rings. The van der Waals surface area contributed by atoms with E-state index >= 15 is 0 Å². The van der Waals surface area contributed by atoms with Crippen molar-refractivity contribution in [2.75, 3.05) is 4.90 Å². The molecule has 0 aliphatic carbocycles. The van der Waals surface area contributed by atoms with Gasteiger partial charge < -0.3 is 9.47 Å². The summed E-state index contributed by atoms with van der Waals surface area (Å²) >= 11 is 0. The van der Waals surface area contributed by atoms with Crippen LogP contribution in [0.1, 0.15) is 52.7 Å². The maximum atomic E-state index is 6.40. The molecule has 1 atom stereocenters. The van der Waals surface area contributed by atoms with Gasteiger partial charge in [-0.05, 0) is 46.7 Å². The Morgan fingerprint density at radius 2 is 1.65 bits per heavy atom. The average Bonchev–Trinajstić information content (AvgIpc) is 3.02. The Bertz CT molecular complexity index is 1100. The third kappa shape index (κ3) is 4.10. The first-order valence-corrected chi connectivity index (χ1v) is 10.6. The number of aromatic nitrogens is 1. The minimum absolute atomic E-state index is 0.00724. The molecule has 4 rings (SSSR count). The number of pyridine rings is 1. The molecule has 5 heteroatoms. The number of benzene rings is 2. The van der Waals surface area contributed by atoms with Gasteiger partial charge in [-0.2, -0.15) is 0 Å². The Morgan fingerprint density at radius 3 is 2.35 bits per heavy atom. The number of para-hydroxylation sites is 1. The zero-order valence-electron chi connectivity index (χ0n) is 19.1. The summed E-state index contributed by atoms with van der Waals surface area (Å²) in [5.74, 6) is 2.03. The van der Waals surface area contributed by atoms with E-state index in [1.807, 2.05) is 41.3 Å². The van der Waals surface area contributed by atoms with E-state index in [0.29, 0.717) is 5.88 Å². The lowest BCUT2D eigenvalue weighted by molar-refractivity contribution is 0.242. The molecule has 5 nitrogen and oxygen atoms in total. The molecule has 31 heavy (non-hydrogen) atoms.